The molecule has 1 rings (SSSR count). The van der Waals surface area contributed by atoms with Crippen molar-refractivity contribution in [3.63, 3.8) is 0 Å². The number of nitrogens with one attached hydrogen (secondary N) is 2. The Hall–Kier alpha value is -0.310. The lowest BCUT2D eigenvalue weighted by Gasteiger charge is -2.24. The molecule has 3 heteroatoms. The zero-order valence-electron chi connectivity index (χ0n) is 11.4. The molecule has 2 nitrogen and oxygen atoms in total. The molecule has 0 aromatic carbocycles. The maximum absolute atomic E-state index is 5.31. The van der Waals surface area contributed by atoms with Crippen molar-refractivity contribution in [2.75, 3.05) is 6.54 Å². The molecule has 1 saturated carbocycles. The topological polar surface area (TPSA) is 24.1 Å². The summed E-state index contributed by atoms with van der Waals surface area (Å²) in [5.41, 5.74) is 0. The normalized spacial score (nSPS) is 17.1. The summed E-state index contributed by atoms with van der Waals surface area (Å²) in [4.78, 5) is 0. The largest absolute Gasteiger partial charge is 0.363 e. The quantitative estimate of drug-likeness (QED) is 0.561. The van der Waals surface area contributed by atoms with Crippen LogP contribution in [0.5, 0.6) is 0 Å². The molecule has 0 saturated heterocycles. The van der Waals surface area contributed by atoms with Crippen LogP contribution in [0.3, 0.4) is 0 Å². The first-order chi connectivity index (χ1) is 8.18. The van der Waals surface area contributed by atoms with Crippen molar-refractivity contribution in [1.29, 1.82) is 0 Å². The second-order valence-corrected chi connectivity index (χ2v) is 6.03. The van der Waals surface area contributed by atoms with E-state index in [4.69, 9.17) is 12.2 Å². The first-order valence-corrected chi connectivity index (χ1v) is 7.63. The molecule has 0 radical (unpaired) electrons. The lowest BCUT2D eigenvalue weighted by molar-refractivity contribution is 0.411. The Labute approximate surface area is 112 Å². The monoisotopic (exact) mass is 256 g/mol. The maximum Gasteiger partial charge on any atom is 0.166 e. The first-order valence-electron chi connectivity index (χ1n) is 7.23. The highest BCUT2D eigenvalue weighted by Crippen LogP contribution is 2.17. The molecule has 2 N–H and O–H groups in total. The SMILES string of the molecule is CC(C)CCCCNC(=S)NC1CCCCC1. The minimum absolute atomic E-state index is 0.624. The third kappa shape index (κ3) is 7.58. The molecule has 0 aliphatic heterocycles. The van der Waals surface area contributed by atoms with Crippen molar-refractivity contribution in [2.45, 2.75) is 71.3 Å². The van der Waals surface area contributed by atoms with Crippen molar-refractivity contribution in [2.24, 2.45) is 5.92 Å². The molecule has 17 heavy (non-hydrogen) atoms. The third-order valence-electron chi connectivity index (χ3n) is 3.43. The standard InChI is InChI=1S/C14H28N2S/c1-12(2)8-6-7-11-15-14(17)16-13-9-4-3-5-10-13/h12-13H,3-11H2,1-2H3,(H2,15,16,17). The fourth-order valence-corrected chi connectivity index (χ4v) is 2.63. The van der Waals surface area contributed by atoms with Crippen LogP contribution in [0.25, 0.3) is 0 Å². The first kappa shape index (κ1) is 14.7. The van der Waals surface area contributed by atoms with Gasteiger partial charge in [0.1, 0.15) is 0 Å². The van der Waals surface area contributed by atoms with Crippen LogP contribution in [-0.2, 0) is 0 Å². The molecule has 1 aliphatic rings. The van der Waals surface area contributed by atoms with Gasteiger partial charge in [0.05, 0.1) is 0 Å². The fourth-order valence-electron chi connectivity index (χ4n) is 2.36. The van der Waals surface area contributed by atoms with Crippen LogP contribution in [-0.4, -0.2) is 17.7 Å². The average molecular weight is 256 g/mol. The van der Waals surface area contributed by atoms with Crippen LogP contribution in [0.2, 0.25) is 0 Å². The van der Waals surface area contributed by atoms with E-state index in [1.165, 1.54) is 51.4 Å². The molecule has 0 aromatic heterocycles. The Kier molecular flexibility index (Phi) is 7.58. The number of hydrogen-bond acceptors (Lipinski definition) is 1. The summed E-state index contributed by atoms with van der Waals surface area (Å²) in [7, 11) is 0. The summed E-state index contributed by atoms with van der Waals surface area (Å²) in [5, 5.41) is 7.63. The molecule has 0 atom stereocenters. The minimum Gasteiger partial charge on any atom is -0.363 e. The van der Waals surface area contributed by atoms with Gasteiger partial charge in [-0.05, 0) is 37.4 Å². The van der Waals surface area contributed by atoms with E-state index >= 15 is 0 Å². The van der Waals surface area contributed by atoms with Gasteiger partial charge in [-0.1, -0.05) is 46.0 Å². The van der Waals surface area contributed by atoms with Crippen LogP contribution < -0.4 is 10.6 Å². The van der Waals surface area contributed by atoms with Gasteiger partial charge < -0.3 is 10.6 Å². The smallest absolute Gasteiger partial charge is 0.166 e. The Morgan fingerprint density at radius 2 is 1.88 bits per heavy atom. The van der Waals surface area contributed by atoms with Gasteiger partial charge in [0.25, 0.3) is 0 Å². The highest BCUT2D eigenvalue weighted by Gasteiger charge is 2.13. The van der Waals surface area contributed by atoms with Crippen LogP contribution in [0.4, 0.5) is 0 Å². The maximum atomic E-state index is 5.31. The van der Waals surface area contributed by atoms with E-state index in [9.17, 15) is 0 Å². The van der Waals surface area contributed by atoms with Gasteiger partial charge in [0, 0.05) is 12.6 Å². The Morgan fingerprint density at radius 3 is 2.53 bits per heavy atom. The summed E-state index contributed by atoms with van der Waals surface area (Å²) in [6.07, 6.45) is 10.5. The van der Waals surface area contributed by atoms with E-state index in [-0.39, 0.29) is 0 Å². The molecule has 100 valence electrons. The van der Waals surface area contributed by atoms with Crippen molar-refractivity contribution in [3.8, 4) is 0 Å². The zero-order valence-corrected chi connectivity index (χ0v) is 12.2. The number of rotatable bonds is 6. The van der Waals surface area contributed by atoms with Gasteiger partial charge in [0.2, 0.25) is 0 Å². The molecule has 0 heterocycles. The van der Waals surface area contributed by atoms with Crippen LogP contribution in [0.15, 0.2) is 0 Å². The van der Waals surface area contributed by atoms with E-state index in [1.807, 2.05) is 0 Å². The Morgan fingerprint density at radius 1 is 1.18 bits per heavy atom. The van der Waals surface area contributed by atoms with Gasteiger partial charge in [-0.25, -0.2) is 0 Å². The molecule has 0 amide bonds. The van der Waals surface area contributed by atoms with Crippen molar-refractivity contribution in [3.05, 3.63) is 0 Å². The van der Waals surface area contributed by atoms with Crippen LogP contribution in [0.1, 0.15) is 65.2 Å². The lowest BCUT2D eigenvalue weighted by atomic mass is 9.96. The van der Waals surface area contributed by atoms with Gasteiger partial charge in [-0.3, -0.25) is 0 Å². The van der Waals surface area contributed by atoms with Crippen molar-refractivity contribution < 1.29 is 0 Å². The van der Waals surface area contributed by atoms with E-state index < -0.39 is 0 Å². The van der Waals surface area contributed by atoms with Gasteiger partial charge in [-0.15, -0.1) is 0 Å². The molecule has 1 fully saturated rings. The van der Waals surface area contributed by atoms with Crippen LogP contribution in [0, 0.1) is 5.92 Å². The predicted molar refractivity (Wildman–Crippen MR) is 79.3 cm³/mol. The highest BCUT2D eigenvalue weighted by molar-refractivity contribution is 7.80. The molecule has 0 aromatic rings. The van der Waals surface area contributed by atoms with Crippen molar-refractivity contribution in [1.82, 2.24) is 10.6 Å². The highest BCUT2D eigenvalue weighted by atomic mass is 32.1. The number of hydrogen-bond donors (Lipinski definition) is 2. The summed E-state index contributed by atoms with van der Waals surface area (Å²) in [5.74, 6) is 0.822. The zero-order chi connectivity index (χ0) is 12.5. The average Bonchev–Trinajstić information content (AvgIpc) is 2.29. The predicted octanol–water partition coefficient (Wildman–Crippen LogP) is 3.61. The molecular weight excluding hydrogens is 228 g/mol. The third-order valence-corrected chi connectivity index (χ3v) is 3.70. The second-order valence-electron chi connectivity index (χ2n) is 5.62. The van der Waals surface area contributed by atoms with Gasteiger partial charge in [0.15, 0.2) is 5.11 Å². The molecule has 1 aliphatic carbocycles. The van der Waals surface area contributed by atoms with E-state index in [1.54, 1.807) is 0 Å². The molecule has 0 unspecified atom stereocenters. The van der Waals surface area contributed by atoms with Crippen LogP contribution >= 0.6 is 12.2 Å². The molecular formula is C14H28N2S. The van der Waals surface area contributed by atoms with Gasteiger partial charge >= 0.3 is 0 Å². The van der Waals surface area contributed by atoms with Gasteiger partial charge in [-0.2, -0.15) is 0 Å². The summed E-state index contributed by atoms with van der Waals surface area (Å²) in [6.45, 7) is 5.58. The van der Waals surface area contributed by atoms with E-state index in [2.05, 4.69) is 24.5 Å². The Bertz CT molecular complexity index is 210. The fraction of sp³-hybridized carbons (Fsp3) is 0.929. The molecule has 0 spiro atoms. The second kappa shape index (κ2) is 8.73. The lowest BCUT2D eigenvalue weighted by Crippen LogP contribution is -2.42. The number of thiocarbonyl (C=S) groups is 1. The van der Waals surface area contributed by atoms with E-state index in [0.29, 0.717) is 6.04 Å². The summed E-state index contributed by atoms with van der Waals surface area (Å²) in [6, 6.07) is 0.624. The van der Waals surface area contributed by atoms with E-state index in [0.717, 1.165) is 17.6 Å². The summed E-state index contributed by atoms with van der Waals surface area (Å²) < 4.78 is 0. The summed E-state index contributed by atoms with van der Waals surface area (Å²) >= 11 is 5.31. The minimum atomic E-state index is 0.624. The van der Waals surface area contributed by atoms with Crippen molar-refractivity contribution >= 4 is 17.3 Å². The number of unbranched alkanes of at least 4 members (excludes halogenated alkanes) is 1. The molecule has 0 bridgehead atoms. The Balaban J connectivity index is 1.97.